The van der Waals surface area contributed by atoms with Gasteiger partial charge in [0.05, 0.1) is 0 Å². The highest BCUT2D eigenvalue weighted by Gasteiger charge is 2.01. The van der Waals surface area contributed by atoms with Crippen LogP contribution in [0.15, 0.2) is 23.1 Å². The van der Waals surface area contributed by atoms with Crippen molar-refractivity contribution in [2.24, 2.45) is 5.73 Å². The molecule has 13 heavy (non-hydrogen) atoms. The minimum atomic E-state index is -1.05. The maximum atomic E-state index is 11.1. The first-order valence-corrected chi connectivity index (χ1v) is 3.74. The van der Waals surface area contributed by atoms with E-state index in [1.54, 1.807) is 6.07 Å². The number of carboxylic acid groups (broad SMARTS) is 1. The van der Waals surface area contributed by atoms with Gasteiger partial charge in [0.1, 0.15) is 6.54 Å². The number of nitrogens with two attached hydrogens (primary N) is 1. The lowest BCUT2D eigenvalue weighted by Gasteiger charge is -2.03. The van der Waals surface area contributed by atoms with Crippen molar-refractivity contribution in [3.8, 4) is 0 Å². The molecule has 0 aliphatic rings. The van der Waals surface area contributed by atoms with Gasteiger partial charge in [0.25, 0.3) is 5.56 Å². The summed E-state index contributed by atoms with van der Waals surface area (Å²) in [4.78, 5) is 21.4. The largest absolute Gasteiger partial charge is 0.480 e. The molecule has 1 aromatic rings. The fourth-order valence-corrected chi connectivity index (χ4v) is 0.971. The molecule has 0 saturated heterocycles. The molecule has 0 spiro atoms. The van der Waals surface area contributed by atoms with E-state index < -0.39 is 5.97 Å². The predicted octanol–water partition coefficient (Wildman–Crippen LogP) is -0.608. The van der Waals surface area contributed by atoms with Gasteiger partial charge in [0, 0.05) is 18.8 Å². The lowest BCUT2D eigenvalue weighted by atomic mass is 10.3. The van der Waals surface area contributed by atoms with Crippen molar-refractivity contribution in [3.05, 3.63) is 34.2 Å². The first-order chi connectivity index (χ1) is 6.13. The van der Waals surface area contributed by atoms with Gasteiger partial charge >= 0.3 is 5.97 Å². The summed E-state index contributed by atoms with van der Waals surface area (Å²) < 4.78 is 1.12. The molecule has 5 heteroatoms. The minimum absolute atomic E-state index is 0.292. The van der Waals surface area contributed by atoms with E-state index in [2.05, 4.69) is 0 Å². The lowest BCUT2D eigenvalue weighted by molar-refractivity contribution is -0.137. The number of hydrogen-bond acceptors (Lipinski definition) is 3. The molecule has 0 aliphatic carbocycles. The molecule has 0 unspecified atom stereocenters. The zero-order valence-electron chi connectivity index (χ0n) is 6.93. The van der Waals surface area contributed by atoms with Crippen molar-refractivity contribution in [1.82, 2.24) is 4.57 Å². The van der Waals surface area contributed by atoms with E-state index in [1.165, 1.54) is 12.3 Å². The van der Waals surface area contributed by atoms with Crippen molar-refractivity contribution in [2.45, 2.75) is 13.1 Å². The second-order valence-corrected chi connectivity index (χ2v) is 2.60. The molecule has 0 bridgehead atoms. The van der Waals surface area contributed by atoms with Gasteiger partial charge in [-0.2, -0.15) is 0 Å². The second-order valence-electron chi connectivity index (χ2n) is 2.60. The van der Waals surface area contributed by atoms with Crippen LogP contribution in [0, 0.1) is 0 Å². The van der Waals surface area contributed by atoms with Crippen molar-refractivity contribution >= 4 is 5.97 Å². The predicted molar refractivity (Wildman–Crippen MR) is 46.2 cm³/mol. The number of hydrogen-bond donors (Lipinski definition) is 2. The maximum absolute atomic E-state index is 11.1. The second kappa shape index (κ2) is 3.86. The van der Waals surface area contributed by atoms with E-state index in [4.69, 9.17) is 10.8 Å². The van der Waals surface area contributed by atoms with Crippen LogP contribution in [0.4, 0.5) is 0 Å². The lowest BCUT2D eigenvalue weighted by Crippen LogP contribution is -2.23. The SMILES string of the molecule is NCc1ccc(=O)n(CC(=O)O)c1. The Kier molecular flexibility index (Phi) is 2.81. The molecule has 0 radical (unpaired) electrons. The standard InChI is InChI=1S/C8H10N2O3/c9-3-6-1-2-7(11)10(4-6)5-8(12)13/h1-2,4H,3,5,9H2,(H,12,13). The van der Waals surface area contributed by atoms with Crippen LogP contribution >= 0.6 is 0 Å². The van der Waals surface area contributed by atoms with Crippen LogP contribution in [0.5, 0.6) is 0 Å². The van der Waals surface area contributed by atoms with Crippen molar-refractivity contribution in [1.29, 1.82) is 0 Å². The third kappa shape index (κ3) is 2.41. The Morgan fingerprint density at radius 2 is 2.23 bits per heavy atom. The Hall–Kier alpha value is -1.62. The number of pyridine rings is 1. The Bertz CT molecular complexity index is 370. The Morgan fingerprint density at radius 3 is 2.77 bits per heavy atom. The molecule has 0 atom stereocenters. The molecule has 0 saturated carbocycles. The molecular formula is C8H10N2O3. The highest BCUT2D eigenvalue weighted by molar-refractivity contribution is 5.66. The van der Waals surface area contributed by atoms with Crippen LogP contribution in [0.2, 0.25) is 0 Å². The average Bonchev–Trinajstić information content (AvgIpc) is 2.08. The molecule has 5 nitrogen and oxygen atoms in total. The summed E-state index contributed by atoms with van der Waals surface area (Å²) in [5.74, 6) is -1.05. The highest BCUT2D eigenvalue weighted by Crippen LogP contribution is 1.93. The molecule has 0 fully saturated rings. The molecule has 0 amide bonds. The third-order valence-electron chi connectivity index (χ3n) is 1.59. The van der Waals surface area contributed by atoms with Gasteiger partial charge in [-0.25, -0.2) is 0 Å². The summed E-state index contributed by atoms with van der Waals surface area (Å²) in [7, 11) is 0. The molecule has 0 aromatic carbocycles. The number of nitrogens with zero attached hydrogens (tertiary/aromatic N) is 1. The molecule has 0 aliphatic heterocycles. The van der Waals surface area contributed by atoms with Crippen LogP contribution in [0.1, 0.15) is 5.56 Å². The summed E-state index contributed by atoms with van der Waals surface area (Å²) in [6, 6.07) is 2.89. The van der Waals surface area contributed by atoms with Crippen molar-refractivity contribution in [3.63, 3.8) is 0 Å². The van der Waals surface area contributed by atoms with E-state index in [-0.39, 0.29) is 12.1 Å². The molecule has 1 heterocycles. The molecule has 1 aromatic heterocycles. The van der Waals surface area contributed by atoms with Gasteiger partial charge in [0.15, 0.2) is 0 Å². The van der Waals surface area contributed by atoms with E-state index in [0.717, 1.165) is 10.1 Å². The smallest absolute Gasteiger partial charge is 0.323 e. The minimum Gasteiger partial charge on any atom is -0.480 e. The zero-order chi connectivity index (χ0) is 9.84. The Labute approximate surface area is 74.4 Å². The number of aliphatic carboxylic acids is 1. The van der Waals surface area contributed by atoms with Crippen LogP contribution in [0.25, 0.3) is 0 Å². The van der Waals surface area contributed by atoms with Crippen LogP contribution in [-0.4, -0.2) is 15.6 Å². The quantitative estimate of drug-likeness (QED) is 0.653. The number of aromatic nitrogens is 1. The topological polar surface area (TPSA) is 85.3 Å². The maximum Gasteiger partial charge on any atom is 0.323 e. The summed E-state index contributed by atoms with van der Waals surface area (Å²) in [6.45, 7) is -0.0351. The highest BCUT2D eigenvalue weighted by atomic mass is 16.4. The summed E-state index contributed by atoms with van der Waals surface area (Å²) in [5.41, 5.74) is 5.74. The molecule has 70 valence electrons. The molecule has 1 rings (SSSR count). The number of carbonyl (C=O) groups is 1. The fraction of sp³-hybridized carbons (Fsp3) is 0.250. The first kappa shape index (κ1) is 9.47. The Balaban J connectivity index is 3.04. The van der Waals surface area contributed by atoms with Crippen molar-refractivity contribution in [2.75, 3.05) is 0 Å². The number of carboxylic acids is 1. The first-order valence-electron chi connectivity index (χ1n) is 3.74. The normalized spacial score (nSPS) is 9.92. The van der Waals surface area contributed by atoms with E-state index >= 15 is 0 Å². The third-order valence-corrected chi connectivity index (χ3v) is 1.59. The van der Waals surface area contributed by atoms with Gasteiger partial charge in [-0.05, 0) is 5.56 Å². The average molecular weight is 182 g/mol. The van der Waals surface area contributed by atoms with E-state index in [0.29, 0.717) is 6.54 Å². The van der Waals surface area contributed by atoms with Crippen LogP contribution in [0.3, 0.4) is 0 Å². The molecule has 3 N–H and O–H groups in total. The van der Waals surface area contributed by atoms with E-state index in [9.17, 15) is 9.59 Å². The summed E-state index contributed by atoms with van der Waals surface area (Å²) in [6.07, 6.45) is 1.45. The molecular weight excluding hydrogens is 172 g/mol. The van der Waals surface area contributed by atoms with Gasteiger partial charge in [-0.1, -0.05) is 6.07 Å². The summed E-state index contributed by atoms with van der Waals surface area (Å²) in [5, 5.41) is 8.46. The van der Waals surface area contributed by atoms with Gasteiger partial charge in [-0.3, -0.25) is 9.59 Å². The van der Waals surface area contributed by atoms with Gasteiger partial charge in [-0.15, -0.1) is 0 Å². The Morgan fingerprint density at radius 1 is 1.54 bits per heavy atom. The fourth-order valence-electron chi connectivity index (χ4n) is 0.971. The van der Waals surface area contributed by atoms with Gasteiger partial charge in [0.2, 0.25) is 0 Å². The zero-order valence-corrected chi connectivity index (χ0v) is 6.93. The van der Waals surface area contributed by atoms with Crippen LogP contribution in [-0.2, 0) is 17.9 Å². The van der Waals surface area contributed by atoms with Crippen molar-refractivity contribution < 1.29 is 9.90 Å². The van der Waals surface area contributed by atoms with Gasteiger partial charge < -0.3 is 15.4 Å². The summed E-state index contributed by atoms with van der Waals surface area (Å²) >= 11 is 0. The monoisotopic (exact) mass is 182 g/mol. The van der Waals surface area contributed by atoms with Crippen LogP contribution < -0.4 is 11.3 Å². The van der Waals surface area contributed by atoms with E-state index in [1.807, 2.05) is 0 Å². The number of rotatable bonds is 3.